The van der Waals surface area contributed by atoms with Crippen LogP contribution in [0, 0.1) is 0 Å². The van der Waals surface area contributed by atoms with Crippen molar-refractivity contribution >= 4 is 27.5 Å². The molecule has 3 aromatic rings. The minimum atomic E-state index is -0.377. The van der Waals surface area contributed by atoms with E-state index in [1.165, 1.54) is 11.7 Å². The number of fused-ring (bicyclic) bond motifs is 1. The molecule has 1 aliphatic heterocycles. The number of likely N-dealkylation sites (tertiary alicyclic amines) is 1. The van der Waals surface area contributed by atoms with Crippen LogP contribution in [0.3, 0.4) is 0 Å². The van der Waals surface area contributed by atoms with E-state index in [0.717, 1.165) is 28.0 Å². The lowest BCUT2D eigenvalue weighted by molar-refractivity contribution is 0.0694. The zero-order valence-corrected chi connectivity index (χ0v) is 14.0. The second-order valence-corrected chi connectivity index (χ2v) is 7.07. The molecule has 1 saturated heterocycles. The Bertz CT molecular complexity index is 924. The first-order valence-corrected chi connectivity index (χ1v) is 8.71. The van der Waals surface area contributed by atoms with Crippen LogP contribution in [0.4, 0.5) is 0 Å². The minimum absolute atomic E-state index is 0.104. The number of rotatable bonds is 2. The maximum absolute atomic E-state index is 12.6. The van der Waals surface area contributed by atoms with Crippen LogP contribution in [0.1, 0.15) is 34.4 Å². The standard InChI is InChI=1S/C16H17N5O2S/c1-20-16(23)18-13(19-20)15(22)21-8-4-5-10(9-21)14-17-11-6-2-3-7-12(11)24-14/h2-3,6-7,10H,4-5,8-9H2,1H3,(H,18,19,23). The van der Waals surface area contributed by atoms with Crippen molar-refractivity contribution in [1.82, 2.24) is 24.6 Å². The van der Waals surface area contributed by atoms with Gasteiger partial charge in [-0.05, 0) is 25.0 Å². The molecule has 7 nitrogen and oxygen atoms in total. The van der Waals surface area contributed by atoms with Crippen molar-refractivity contribution in [3.05, 3.63) is 45.6 Å². The number of hydrogen-bond donors (Lipinski definition) is 1. The van der Waals surface area contributed by atoms with E-state index in [2.05, 4.69) is 16.1 Å². The van der Waals surface area contributed by atoms with E-state index < -0.39 is 0 Å². The van der Waals surface area contributed by atoms with Gasteiger partial charge in [-0.3, -0.25) is 9.78 Å². The lowest BCUT2D eigenvalue weighted by Crippen LogP contribution is -2.39. The Kier molecular flexibility index (Phi) is 3.68. The van der Waals surface area contributed by atoms with Crippen LogP contribution in [0.15, 0.2) is 29.1 Å². The Morgan fingerprint density at radius 3 is 2.96 bits per heavy atom. The lowest BCUT2D eigenvalue weighted by Gasteiger charge is -2.31. The summed E-state index contributed by atoms with van der Waals surface area (Å²) >= 11 is 1.69. The van der Waals surface area contributed by atoms with Gasteiger partial charge in [0.15, 0.2) is 0 Å². The summed E-state index contributed by atoms with van der Waals surface area (Å²) in [6.45, 7) is 1.29. The molecule has 2 aromatic heterocycles. The highest BCUT2D eigenvalue weighted by Crippen LogP contribution is 2.33. The summed E-state index contributed by atoms with van der Waals surface area (Å²) in [5.41, 5.74) is 0.632. The predicted octanol–water partition coefficient (Wildman–Crippen LogP) is 1.74. The van der Waals surface area contributed by atoms with Gasteiger partial charge in [0, 0.05) is 26.1 Å². The molecule has 0 spiro atoms. The van der Waals surface area contributed by atoms with Gasteiger partial charge in [-0.2, -0.15) is 0 Å². The number of carbonyl (C=O) groups is 1. The number of aryl methyl sites for hydroxylation is 1. The van der Waals surface area contributed by atoms with E-state index in [1.54, 1.807) is 16.2 Å². The Balaban J connectivity index is 1.56. The highest BCUT2D eigenvalue weighted by Gasteiger charge is 2.29. The third kappa shape index (κ3) is 2.62. The maximum atomic E-state index is 12.6. The number of piperidine rings is 1. The quantitative estimate of drug-likeness (QED) is 0.768. The second-order valence-electron chi connectivity index (χ2n) is 6.01. The van der Waals surface area contributed by atoms with E-state index in [-0.39, 0.29) is 23.3 Å². The Hall–Kier alpha value is -2.48. The van der Waals surface area contributed by atoms with Crippen molar-refractivity contribution in [2.24, 2.45) is 7.05 Å². The van der Waals surface area contributed by atoms with Gasteiger partial charge in [0.1, 0.15) is 0 Å². The molecule has 0 saturated carbocycles. The van der Waals surface area contributed by atoms with E-state index in [0.29, 0.717) is 13.1 Å². The Morgan fingerprint density at radius 1 is 1.38 bits per heavy atom. The number of aromatic amines is 1. The first-order valence-electron chi connectivity index (χ1n) is 7.90. The smallest absolute Gasteiger partial charge is 0.335 e. The zero-order valence-electron chi connectivity index (χ0n) is 13.2. The molecule has 1 fully saturated rings. The monoisotopic (exact) mass is 343 g/mol. The number of nitrogens with one attached hydrogen (secondary N) is 1. The fourth-order valence-electron chi connectivity index (χ4n) is 3.08. The highest BCUT2D eigenvalue weighted by molar-refractivity contribution is 7.18. The number of nitrogens with zero attached hydrogens (tertiary/aromatic N) is 4. The summed E-state index contributed by atoms with van der Waals surface area (Å²) in [7, 11) is 1.52. The fraction of sp³-hybridized carbons (Fsp3) is 0.375. The molecular weight excluding hydrogens is 326 g/mol. The summed E-state index contributed by atoms with van der Waals surface area (Å²) in [5.74, 6) is 0.112. The molecular formula is C16H17N5O2S. The molecule has 0 aliphatic carbocycles. The molecule has 124 valence electrons. The number of thiazole rings is 1. The Morgan fingerprint density at radius 2 is 2.21 bits per heavy atom. The van der Waals surface area contributed by atoms with Crippen LogP contribution >= 0.6 is 11.3 Å². The highest BCUT2D eigenvalue weighted by atomic mass is 32.1. The normalized spacial score (nSPS) is 18.2. The van der Waals surface area contributed by atoms with Crippen LogP contribution in [-0.4, -0.2) is 43.6 Å². The molecule has 0 bridgehead atoms. The number of aromatic nitrogens is 4. The lowest BCUT2D eigenvalue weighted by atomic mass is 9.98. The second kappa shape index (κ2) is 5.86. The zero-order chi connectivity index (χ0) is 16.7. The van der Waals surface area contributed by atoms with Crippen LogP contribution in [0.2, 0.25) is 0 Å². The van der Waals surface area contributed by atoms with Gasteiger partial charge in [0.05, 0.1) is 15.2 Å². The number of H-pyrrole nitrogens is 1. The Labute approximate surface area is 141 Å². The number of amides is 1. The molecule has 1 amide bonds. The average Bonchev–Trinajstić information content (AvgIpc) is 3.18. The predicted molar refractivity (Wildman–Crippen MR) is 91.3 cm³/mol. The molecule has 24 heavy (non-hydrogen) atoms. The summed E-state index contributed by atoms with van der Waals surface area (Å²) < 4.78 is 2.31. The van der Waals surface area contributed by atoms with E-state index >= 15 is 0 Å². The van der Waals surface area contributed by atoms with Gasteiger partial charge in [-0.1, -0.05) is 12.1 Å². The van der Waals surface area contributed by atoms with Gasteiger partial charge >= 0.3 is 5.69 Å². The first-order chi connectivity index (χ1) is 11.6. The molecule has 0 radical (unpaired) electrons. The van der Waals surface area contributed by atoms with E-state index in [4.69, 9.17) is 4.98 Å². The summed E-state index contributed by atoms with van der Waals surface area (Å²) in [5, 5.41) is 5.03. The molecule has 1 aromatic carbocycles. The molecule has 1 N–H and O–H groups in total. The molecule has 3 heterocycles. The van der Waals surface area contributed by atoms with Gasteiger partial charge in [0.25, 0.3) is 5.91 Å². The van der Waals surface area contributed by atoms with Crippen molar-refractivity contribution in [3.63, 3.8) is 0 Å². The van der Waals surface area contributed by atoms with E-state index in [1.807, 2.05) is 18.2 Å². The SMILES string of the molecule is Cn1nc(C(=O)N2CCCC(c3nc4ccccc4s3)C2)[nH]c1=O. The molecule has 1 unspecified atom stereocenters. The fourth-order valence-corrected chi connectivity index (χ4v) is 4.17. The largest absolute Gasteiger partial charge is 0.343 e. The third-order valence-corrected chi connectivity index (χ3v) is 5.54. The van der Waals surface area contributed by atoms with E-state index in [9.17, 15) is 9.59 Å². The van der Waals surface area contributed by atoms with Crippen molar-refractivity contribution in [1.29, 1.82) is 0 Å². The van der Waals surface area contributed by atoms with Gasteiger partial charge in [-0.25, -0.2) is 14.5 Å². The van der Waals surface area contributed by atoms with Crippen molar-refractivity contribution < 1.29 is 4.79 Å². The minimum Gasteiger partial charge on any atom is -0.335 e. The summed E-state index contributed by atoms with van der Waals surface area (Å²) in [6.07, 6.45) is 1.94. The summed E-state index contributed by atoms with van der Waals surface area (Å²) in [6, 6.07) is 8.08. The topological polar surface area (TPSA) is 83.9 Å². The molecule has 1 aliphatic rings. The van der Waals surface area contributed by atoms with Crippen LogP contribution in [0.25, 0.3) is 10.2 Å². The van der Waals surface area contributed by atoms with Crippen molar-refractivity contribution in [2.45, 2.75) is 18.8 Å². The maximum Gasteiger partial charge on any atom is 0.343 e. The summed E-state index contributed by atoms with van der Waals surface area (Å²) in [4.78, 5) is 33.1. The van der Waals surface area contributed by atoms with Crippen LogP contribution in [-0.2, 0) is 7.05 Å². The molecule has 4 rings (SSSR count). The average molecular weight is 343 g/mol. The van der Waals surface area contributed by atoms with Gasteiger partial charge in [0.2, 0.25) is 5.82 Å². The number of hydrogen-bond acceptors (Lipinski definition) is 5. The van der Waals surface area contributed by atoms with Gasteiger partial charge < -0.3 is 4.90 Å². The molecule has 8 heteroatoms. The number of benzene rings is 1. The molecule has 1 atom stereocenters. The first kappa shape index (κ1) is 15.1. The van der Waals surface area contributed by atoms with Crippen LogP contribution < -0.4 is 5.69 Å². The van der Waals surface area contributed by atoms with Crippen molar-refractivity contribution in [2.75, 3.05) is 13.1 Å². The third-order valence-electron chi connectivity index (χ3n) is 4.34. The number of carbonyl (C=O) groups excluding carboxylic acids is 1. The van der Waals surface area contributed by atoms with Crippen LogP contribution in [0.5, 0.6) is 0 Å². The van der Waals surface area contributed by atoms with Crippen molar-refractivity contribution in [3.8, 4) is 0 Å². The number of para-hydroxylation sites is 1. The van der Waals surface area contributed by atoms with Gasteiger partial charge in [-0.15, -0.1) is 16.4 Å².